The maximum atomic E-state index is 11.5. The number of methoxy groups -OCH3 is 1. The number of halogens is 2. The first kappa shape index (κ1) is 22.0. The molecule has 0 radical (unpaired) electrons. The van der Waals surface area contributed by atoms with E-state index in [0.29, 0.717) is 25.7 Å². The minimum atomic E-state index is -0.246. The molecule has 8 heteroatoms. The quantitative estimate of drug-likeness (QED) is 0.360. The number of aliphatic imine (C=N–C) groups is 1. The topological polar surface area (TPSA) is 66.0 Å². The predicted octanol–water partition coefficient (Wildman–Crippen LogP) is 3.35. The third-order valence-corrected chi connectivity index (χ3v) is 4.47. The average Bonchev–Trinajstić information content (AvgIpc) is 2.61. The van der Waals surface area contributed by atoms with E-state index in [2.05, 4.69) is 50.6 Å². The highest BCUT2D eigenvalue weighted by Crippen LogP contribution is 2.12. The number of nitrogens with zero attached hydrogens (tertiary/aromatic N) is 2. The van der Waals surface area contributed by atoms with Crippen molar-refractivity contribution in [1.82, 2.24) is 15.5 Å². The Kier molecular flexibility index (Phi) is 10.2. The summed E-state index contributed by atoms with van der Waals surface area (Å²) in [5.74, 6) is 0.817. The zero-order valence-electron chi connectivity index (χ0n) is 14.6. The van der Waals surface area contributed by atoms with Crippen LogP contribution < -0.4 is 10.6 Å². The fourth-order valence-corrected chi connectivity index (χ4v) is 2.87. The number of rotatable bonds is 4. The maximum Gasteiger partial charge on any atom is 0.409 e. The smallest absolute Gasteiger partial charge is 0.409 e. The Bertz CT molecular complexity index is 560. The first-order valence-electron chi connectivity index (χ1n) is 8.24. The Hall–Kier alpha value is -1.03. The molecule has 25 heavy (non-hydrogen) atoms. The number of guanidine groups is 1. The summed E-state index contributed by atoms with van der Waals surface area (Å²) in [4.78, 5) is 17.9. The fourth-order valence-electron chi connectivity index (χ4n) is 2.61. The van der Waals surface area contributed by atoms with Crippen molar-refractivity contribution in [2.75, 3.05) is 26.7 Å². The summed E-state index contributed by atoms with van der Waals surface area (Å²) in [5.41, 5.74) is 1.16. The molecule has 1 aliphatic rings. The van der Waals surface area contributed by atoms with E-state index >= 15 is 0 Å². The van der Waals surface area contributed by atoms with E-state index in [9.17, 15) is 4.79 Å². The van der Waals surface area contributed by atoms with Crippen molar-refractivity contribution in [1.29, 1.82) is 0 Å². The number of piperidine rings is 1. The highest BCUT2D eigenvalue weighted by atomic mass is 127. The highest BCUT2D eigenvalue weighted by molar-refractivity contribution is 14.0. The van der Waals surface area contributed by atoms with Gasteiger partial charge >= 0.3 is 6.09 Å². The summed E-state index contributed by atoms with van der Waals surface area (Å²) >= 11 is 3.44. The van der Waals surface area contributed by atoms with Crippen molar-refractivity contribution >= 4 is 52.0 Å². The molecule has 0 bridgehead atoms. The number of hydrogen-bond donors (Lipinski definition) is 2. The number of amides is 1. The molecule has 2 N–H and O–H groups in total. The molecule has 1 aliphatic heterocycles. The van der Waals surface area contributed by atoms with Crippen LogP contribution >= 0.6 is 39.9 Å². The van der Waals surface area contributed by atoms with Crippen LogP contribution in [0.1, 0.15) is 25.3 Å². The van der Waals surface area contributed by atoms with Gasteiger partial charge in [0.1, 0.15) is 0 Å². The SMILES string of the molecule is CCNC(=NCc1ccc(Br)cc1)NC1CCN(C(=O)OC)CC1.I. The van der Waals surface area contributed by atoms with Crippen LogP contribution in [0.5, 0.6) is 0 Å². The molecule has 0 saturated carbocycles. The van der Waals surface area contributed by atoms with E-state index in [0.717, 1.165) is 35.4 Å². The van der Waals surface area contributed by atoms with Crippen LogP contribution in [0.25, 0.3) is 0 Å². The van der Waals surface area contributed by atoms with E-state index in [1.54, 1.807) is 4.90 Å². The monoisotopic (exact) mass is 524 g/mol. The van der Waals surface area contributed by atoms with Gasteiger partial charge in [-0.25, -0.2) is 9.79 Å². The van der Waals surface area contributed by atoms with Crippen LogP contribution in [0.15, 0.2) is 33.7 Å². The zero-order chi connectivity index (χ0) is 17.4. The van der Waals surface area contributed by atoms with Gasteiger partial charge in [0.05, 0.1) is 13.7 Å². The number of carbonyl (C=O) groups is 1. The minimum absolute atomic E-state index is 0. The van der Waals surface area contributed by atoms with E-state index in [1.165, 1.54) is 7.11 Å². The maximum absolute atomic E-state index is 11.5. The molecule has 2 rings (SSSR count). The second-order valence-electron chi connectivity index (χ2n) is 5.70. The van der Waals surface area contributed by atoms with Gasteiger partial charge in [0, 0.05) is 30.1 Å². The third kappa shape index (κ3) is 7.39. The molecule has 6 nitrogen and oxygen atoms in total. The summed E-state index contributed by atoms with van der Waals surface area (Å²) in [5, 5.41) is 6.75. The Balaban J connectivity index is 0.00000312. The molecular weight excluding hydrogens is 499 g/mol. The van der Waals surface area contributed by atoms with Gasteiger partial charge in [0.15, 0.2) is 5.96 Å². The summed E-state index contributed by atoms with van der Waals surface area (Å²) in [6.07, 6.45) is 1.53. The number of hydrogen-bond acceptors (Lipinski definition) is 3. The molecule has 140 valence electrons. The van der Waals surface area contributed by atoms with Crippen molar-refractivity contribution in [3.05, 3.63) is 34.3 Å². The number of likely N-dealkylation sites (tertiary alicyclic amines) is 1. The van der Waals surface area contributed by atoms with Crippen LogP contribution in [0, 0.1) is 0 Å². The van der Waals surface area contributed by atoms with Crippen molar-refractivity contribution in [3.63, 3.8) is 0 Å². The van der Waals surface area contributed by atoms with Gasteiger partial charge in [-0.2, -0.15) is 0 Å². The van der Waals surface area contributed by atoms with Crippen LogP contribution in [0.2, 0.25) is 0 Å². The van der Waals surface area contributed by atoms with Crippen molar-refractivity contribution in [3.8, 4) is 0 Å². The summed E-state index contributed by atoms with van der Waals surface area (Å²) in [6, 6.07) is 8.48. The van der Waals surface area contributed by atoms with E-state index in [1.807, 2.05) is 12.1 Å². The Morgan fingerprint density at radius 1 is 1.32 bits per heavy atom. The number of carbonyl (C=O) groups excluding carboxylic acids is 1. The summed E-state index contributed by atoms with van der Waals surface area (Å²) in [7, 11) is 1.42. The molecule has 0 spiro atoms. The lowest BCUT2D eigenvalue weighted by Gasteiger charge is -2.32. The normalized spacial score (nSPS) is 15.3. The minimum Gasteiger partial charge on any atom is -0.453 e. The lowest BCUT2D eigenvalue weighted by atomic mass is 10.1. The molecule has 1 fully saturated rings. The summed E-state index contributed by atoms with van der Waals surface area (Å²) < 4.78 is 5.83. The fraction of sp³-hybridized carbons (Fsp3) is 0.529. The van der Waals surface area contributed by atoms with Gasteiger partial charge in [-0.3, -0.25) is 0 Å². The first-order valence-corrected chi connectivity index (χ1v) is 9.04. The molecule has 0 aliphatic carbocycles. The van der Waals surface area contributed by atoms with Crippen LogP contribution in [0.3, 0.4) is 0 Å². The molecule has 1 saturated heterocycles. The van der Waals surface area contributed by atoms with Gasteiger partial charge in [0.2, 0.25) is 0 Å². The predicted molar refractivity (Wildman–Crippen MR) is 115 cm³/mol. The average molecular weight is 525 g/mol. The largest absolute Gasteiger partial charge is 0.453 e. The molecule has 1 aromatic rings. The Morgan fingerprint density at radius 3 is 2.52 bits per heavy atom. The molecule has 1 heterocycles. The Morgan fingerprint density at radius 2 is 1.96 bits per heavy atom. The second kappa shape index (κ2) is 11.6. The number of ether oxygens (including phenoxy) is 1. The number of nitrogens with one attached hydrogen (secondary N) is 2. The second-order valence-corrected chi connectivity index (χ2v) is 6.61. The molecule has 1 amide bonds. The molecule has 0 unspecified atom stereocenters. The van der Waals surface area contributed by atoms with Gasteiger partial charge in [0.25, 0.3) is 0 Å². The molecule has 1 aromatic carbocycles. The Labute approximate surface area is 174 Å². The van der Waals surface area contributed by atoms with Crippen LogP contribution in [-0.4, -0.2) is 49.7 Å². The van der Waals surface area contributed by atoms with Gasteiger partial charge in [-0.05, 0) is 37.5 Å². The first-order chi connectivity index (χ1) is 11.6. The van der Waals surface area contributed by atoms with Gasteiger partial charge < -0.3 is 20.3 Å². The van der Waals surface area contributed by atoms with E-state index < -0.39 is 0 Å². The summed E-state index contributed by atoms with van der Waals surface area (Å²) in [6.45, 7) is 4.90. The lowest BCUT2D eigenvalue weighted by molar-refractivity contribution is 0.111. The van der Waals surface area contributed by atoms with Gasteiger partial charge in [-0.1, -0.05) is 28.1 Å². The van der Waals surface area contributed by atoms with Crippen LogP contribution in [-0.2, 0) is 11.3 Å². The van der Waals surface area contributed by atoms with Crippen molar-refractivity contribution < 1.29 is 9.53 Å². The lowest BCUT2D eigenvalue weighted by Crippen LogP contribution is -2.49. The zero-order valence-corrected chi connectivity index (χ0v) is 18.5. The third-order valence-electron chi connectivity index (χ3n) is 3.95. The van der Waals surface area contributed by atoms with Crippen molar-refractivity contribution in [2.45, 2.75) is 32.4 Å². The van der Waals surface area contributed by atoms with Crippen molar-refractivity contribution in [2.24, 2.45) is 4.99 Å². The van der Waals surface area contributed by atoms with Crippen LogP contribution in [0.4, 0.5) is 4.79 Å². The van der Waals surface area contributed by atoms with Gasteiger partial charge in [-0.15, -0.1) is 24.0 Å². The highest BCUT2D eigenvalue weighted by Gasteiger charge is 2.23. The van der Waals surface area contributed by atoms with E-state index in [-0.39, 0.29) is 30.1 Å². The molecule has 0 aromatic heterocycles. The number of benzene rings is 1. The molecule has 0 atom stereocenters. The standard InChI is InChI=1S/C17H25BrN4O2.HI/c1-3-19-16(20-12-13-4-6-14(18)7-5-13)21-15-8-10-22(11-9-15)17(23)24-2;/h4-7,15H,3,8-12H2,1-2H3,(H2,19,20,21);1H. The van der Waals surface area contributed by atoms with E-state index in [4.69, 9.17) is 4.74 Å². The molecular formula is C17H26BrIN4O2.